The number of halogens is 2. The lowest BCUT2D eigenvalue weighted by atomic mass is 9.99. The Morgan fingerprint density at radius 2 is 2.19 bits per heavy atom. The number of nitrogens with zero attached hydrogens (tertiary/aromatic N) is 4. The van der Waals surface area contributed by atoms with Crippen LogP contribution in [0.15, 0.2) is 18.2 Å². The molecule has 1 saturated heterocycles. The average Bonchev–Trinajstić information content (AvgIpc) is 3.22. The van der Waals surface area contributed by atoms with Crippen molar-refractivity contribution in [3.05, 3.63) is 29.5 Å². The number of imidazole rings is 1. The van der Waals surface area contributed by atoms with Gasteiger partial charge in [0.2, 0.25) is 5.91 Å². The molecule has 162 valence electrons. The van der Waals surface area contributed by atoms with Crippen LogP contribution in [0.3, 0.4) is 0 Å². The summed E-state index contributed by atoms with van der Waals surface area (Å²) in [5.41, 5.74) is 6.68. The third kappa shape index (κ3) is 3.54. The molecule has 2 aliphatic rings. The topological polar surface area (TPSA) is 123 Å². The first-order valence-corrected chi connectivity index (χ1v) is 9.62. The van der Waals surface area contributed by atoms with Crippen LogP contribution < -0.4 is 15.4 Å². The molecule has 0 saturated carbocycles. The number of aromatic nitrogens is 2. The van der Waals surface area contributed by atoms with Gasteiger partial charge in [-0.05, 0) is 24.1 Å². The number of hydrogen-bond donors (Lipinski definition) is 1. The summed E-state index contributed by atoms with van der Waals surface area (Å²) in [5, 5.41) is 9.71. The van der Waals surface area contributed by atoms with Gasteiger partial charge in [0.1, 0.15) is 36.9 Å². The molecule has 3 heterocycles. The largest absolute Gasteiger partial charge is 0.491 e. The Balaban J connectivity index is 1.78. The highest BCUT2D eigenvalue weighted by Crippen LogP contribution is 2.38. The summed E-state index contributed by atoms with van der Waals surface area (Å²) in [4.78, 5) is 28.6. The molecule has 11 heteroatoms. The summed E-state index contributed by atoms with van der Waals surface area (Å²) in [5.74, 6) is -0.148. The molecule has 9 nitrogen and oxygen atoms in total. The molecule has 2 atom stereocenters. The summed E-state index contributed by atoms with van der Waals surface area (Å²) in [6.07, 6.45) is -3.41. The summed E-state index contributed by atoms with van der Waals surface area (Å²) < 4.78 is 39.0. The van der Waals surface area contributed by atoms with Crippen LogP contribution in [0.1, 0.15) is 18.2 Å². The van der Waals surface area contributed by atoms with Crippen molar-refractivity contribution < 1.29 is 27.8 Å². The van der Waals surface area contributed by atoms with Gasteiger partial charge in [-0.25, -0.2) is 23.5 Å². The SMILES string of the molecule is C[C@H](Cc1ccc2c(c1)OCCn1c-2nc(N2C(=O)OC[C@H]2C(F)F)c1C#N)C(N)=O. The number of anilines is 1. The van der Waals surface area contributed by atoms with E-state index in [1.165, 1.54) is 0 Å². The molecule has 31 heavy (non-hydrogen) atoms. The van der Waals surface area contributed by atoms with Crippen LogP contribution in [0.25, 0.3) is 11.4 Å². The van der Waals surface area contributed by atoms with Crippen molar-refractivity contribution in [2.45, 2.75) is 32.4 Å². The molecule has 0 spiro atoms. The summed E-state index contributed by atoms with van der Waals surface area (Å²) in [6.45, 7) is 1.67. The van der Waals surface area contributed by atoms with Crippen molar-refractivity contribution in [2.75, 3.05) is 18.1 Å². The summed E-state index contributed by atoms with van der Waals surface area (Å²) in [7, 11) is 0. The second-order valence-electron chi connectivity index (χ2n) is 7.41. The van der Waals surface area contributed by atoms with Gasteiger partial charge in [-0.3, -0.25) is 4.79 Å². The second kappa shape index (κ2) is 7.86. The molecule has 0 radical (unpaired) electrons. The van der Waals surface area contributed by atoms with E-state index < -0.39 is 31.1 Å². The number of nitriles is 1. The zero-order valence-electron chi connectivity index (χ0n) is 16.5. The lowest BCUT2D eigenvalue weighted by Gasteiger charge is -2.18. The van der Waals surface area contributed by atoms with Crippen molar-refractivity contribution in [1.29, 1.82) is 5.26 Å². The summed E-state index contributed by atoms with van der Waals surface area (Å²) in [6, 6.07) is 5.71. The van der Waals surface area contributed by atoms with Crippen LogP contribution in [-0.4, -0.2) is 47.2 Å². The molecular formula is C20H19F2N5O4. The number of rotatable bonds is 5. The van der Waals surface area contributed by atoms with E-state index in [9.17, 15) is 23.6 Å². The number of carbonyl (C=O) groups is 2. The number of ether oxygens (including phenoxy) is 2. The number of carbonyl (C=O) groups excluding carboxylic acids is 2. The molecule has 1 aromatic heterocycles. The van der Waals surface area contributed by atoms with Crippen LogP contribution in [0, 0.1) is 17.2 Å². The highest BCUT2D eigenvalue weighted by atomic mass is 19.3. The predicted octanol–water partition coefficient (Wildman–Crippen LogP) is 2.07. The van der Waals surface area contributed by atoms with Gasteiger partial charge in [0.15, 0.2) is 11.5 Å². The number of cyclic esters (lactones) is 1. The fourth-order valence-electron chi connectivity index (χ4n) is 3.71. The van der Waals surface area contributed by atoms with Crippen molar-refractivity contribution in [1.82, 2.24) is 9.55 Å². The molecule has 2 amide bonds. The normalized spacial score (nSPS) is 18.5. The fraction of sp³-hybridized carbons (Fsp3) is 0.400. The van der Waals surface area contributed by atoms with E-state index >= 15 is 0 Å². The van der Waals surface area contributed by atoms with E-state index in [2.05, 4.69) is 4.98 Å². The number of fused-ring (bicyclic) bond motifs is 3. The van der Waals surface area contributed by atoms with E-state index in [4.69, 9.17) is 15.2 Å². The monoisotopic (exact) mass is 431 g/mol. The number of hydrogen-bond acceptors (Lipinski definition) is 6. The Kier molecular flexibility index (Phi) is 5.22. The molecular weight excluding hydrogens is 412 g/mol. The maximum absolute atomic E-state index is 13.4. The van der Waals surface area contributed by atoms with Gasteiger partial charge < -0.3 is 19.8 Å². The molecule has 1 fully saturated rings. The Morgan fingerprint density at radius 1 is 1.42 bits per heavy atom. The minimum absolute atomic E-state index is 0.0256. The third-order valence-corrected chi connectivity index (χ3v) is 5.37. The van der Waals surface area contributed by atoms with E-state index in [1.54, 1.807) is 29.7 Å². The van der Waals surface area contributed by atoms with Crippen molar-refractivity contribution >= 4 is 17.8 Å². The Bertz CT molecular complexity index is 1090. The van der Waals surface area contributed by atoms with Crippen LogP contribution in [-0.2, 0) is 22.5 Å². The Hall–Kier alpha value is -3.68. The minimum atomic E-state index is -2.86. The number of nitrogens with two attached hydrogens (primary N) is 1. The van der Waals surface area contributed by atoms with E-state index in [0.717, 1.165) is 10.5 Å². The van der Waals surface area contributed by atoms with E-state index in [-0.39, 0.29) is 30.6 Å². The first kappa shape index (κ1) is 20.6. The summed E-state index contributed by atoms with van der Waals surface area (Å²) >= 11 is 0. The highest BCUT2D eigenvalue weighted by molar-refractivity contribution is 5.91. The molecule has 0 bridgehead atoms. The average molecular weight is 431 g/mol. The maximum Gasteiger partial charge on any atom is 0.416 e. The van der Waals surface area contributed by atoms with Gasteiger partial charge >= 0.3 is 6.09 Å². The zero-order chi connectivity index (χ0) is 22.3. The maximum atomic E-state index is 13.4. The van der Waals surface area contributed by atoms with Crippen molar-refractivity contribution in [3.63, 3.8) is 0 Å². The highest BCUT2D eigenvalue weighted by Gasteiger charge is 2.43. The van der Waals surface area contributed by atoms with Gasteiger partial charge in [-0.1, -0.05) is 13.0 Å². The van der Waals surface area contributed by atoms with Gasteiger partial charge in [0, 0.05) is 5.92 Å². The number of primary amides is 1. The van der Waals surface area contributed by atoms with Crippen LogP contribution in [0.5, 0.6) is 5.75 Å². The van der Waals surface area contributed by atoms with Crippen molar-refractivity contribution in [3.8, 4) is 23.2 Å². The molecule has 2 N–H and O–H groups in total. The number of benzene rings is 1. The molecule has 2 aromatic rings. The third-order valence-electron chi connectivity index (χ3n) is 5.37. The predicted molar refractivity (Wildman–Crippen MR) is 104 cm³/mol. The smallest absolute Gasteiger partial charge is 0.416 e. The van der Waals surface area contributed by atoms with Gasteiger partial charge in [0.05, 0.1) is 12.1 Å². The first-order chi connectivity index (χ1) is 14.8. The van der Waals surface area contributed by atoms with E-state index in [1.807, 2.05) is 6.07 Å². The number of amides is 2. The lowest BCUT2D eigenvalue weighted by Crippen LogP contribution is -2.39. The standard InChI is InChI=1S/C20H19F2N5O4/c1-10(17(24)28)6-11-2-3-12-15(7-11)30-5-4-26-13(8-23)19(25-18(12)26)27-14(16(21)22)9-31-20(27)29/h2-3,7,10,14,16H,4-6,9H2,1H3,(H2,24,28)/t10-,14+/m1/s1. The molecule has 1 aromatic carbocycles. The molecule has 4 rings (SSSR count). The van der Waals surface area contributed by atoms with Gasteiger partial charge in [-0.2, -0.15) is 5.26 Å². The molecule has 2 aliphatic heterocycles. The molecule has 0 aliphatic carbocycles. The fourth-order valence-corrected chi connectivity index (χ4v) is 3.71. The lowest BCUT2D eigenvalue weighted by molar-refractivity contribution is -0.121. The Morgan fingerprint density at radius 3 is 2.87 bits per heavy atom. The van der Waals surface area contributed by atoms with Gasteiger partial charge in [-0.15, -0.1) is 0 Å². The van der Waals surface area contributed by atoms with Crippen molar-refractivity contribution in [2.24, 2.45) is 11.7 Å². The Labute approximate surface area is 176 Å². The molecule has 0 unspecified atom stereocenters. The minimum Gasteiger partial charge on any atom is -0.491 e. The zero-order valence-corrected chi connectivity index (χ0v) is 16.5. The first-order valence-electron chi connectivity index (χ1n) is 9.62. The quantitative estimate of drug-likeness (QED) is 0.773. The second-order valence-corrected chi connectivity index (χ2v) is 7.41. The van der Waals surface area contributed by atoms with Gasteiger partial charge in [0.25, 0.3) is 6.43 Å². The van der Waals surface area contributed by atoms with Crippen LogP contribution >= 0.6 is 0 Å². The van der Waals surface area contributed by atoms with Crippen LogP contribution in [0.4, 0.5) is 19.4 Å². The van der Waals surface area contributed by atoms with E-state index in [0.29, 0.717) is 23.6 Å². The van der Waals surface area contributed by atoms with Crippen LogP contribution in [0.2, 0.25) is 0 Å². The number of alkyl halides is 2.